The van der Waals surface area contributed by atoms with Gasteiger partial charge in [-0.2, -0.15) is 0 Å². The quantitative estimate of drug-likeness (QED) is 0.719. The normalized spacial score (nSPS) is 26.2. The van der Waals surface area contributed by atoms with Gasteiger partial charge in [0.1, 0.15) is 0 Å². The van der Waals surface area contributed by atoms with Crippen molar-refractivity contribution in [3.05, 3.63) is 30.3 Å². The monoisotopic (exact) mass is 224 g/mol. The van der Waals surface area contributed by atoms with Crippen molar-refractivity contribution in [3.8, 4) is 0 Å². The van der Waals surface area contributed by atoms with Crippen molar-refractivity contribution >= 4 is 10.8 Å². The van der Waals surface area contributed by atoms with Crippen molar-refractivity contribution in [2.45, 2.75) is 36.9 Å². The lowest BCUT2D eigenvalue weighted by Gasteiger charge is -1.98. The summed E-state index contributed by atoms with van der Waals surface area (Å²) in [5.41, 5.74) is 0. The molecule has 0 aliphatic carbocycles. The fourth-order valence-corrected chi connectivity index (χ4v) is 2.93. The third kappa shape index (κ3) is 2.89. The maximum Gasteiger partial charge on any atom is 0.0960 e. The van der Waals surface area contributed by atoms with Crippen molar-refractivity contribution in [1.29, 1.82) is 0 Å². The second kappa shape index (κ2) is 4.90. The van der Waals surface area contributed by atoms with Gasteiger partial charge in [-0.25, -0.2) is 0 Å². The van der Waals surface area contributed by atoms with Crippen molar-refractivity contribution in [3.63, 3.8) is 0 Å². The van der Waals surface area contributed by atoms with Gasteiger partial charge in [0, 0.05) is 4.90 Å². The first kappa shape index (κ1) is 10.8. The summed E-state index contributed by atoms with van der Waals surface area (Å²) >= 11 is 0. The van der Waals surface area contributed by atoms with Gasteiger partial charge in [0.05, 0.1) is 28.8 Å². The van der Waals surface area contributed by atoms with E-state index in [1.54, 1.807) is 0 Å². The van der Waals surface area contributed by atoms with E-state index in [4.69, 9.17) is 4.74 Å². The molecule has 3 atom stereocenters. The molecule has 0 aromatic heterocycles. The van der Waals surface area contributed by atoms with E-state index in [-0.39, 0.29) is 6.10 Å². The van der Waals surface area contributed by atoms with Gasteiger partial charge in [-0.1, -0.05) is 31.5 Å². The molecule has 1 aromatic rings. The molecule has 1 saturated heterocycles. The van der Waals surface area contributed by atoms with E-state index >= 15 is 0 Å². The molecule has 1 aromatic carbocycles. The lowest BCUT2D eigenvalue weighted by Crippen LogP contribution is -2.07. The summed E-state index contributed by atoms with van der Waals surface area (Å²) in [6, 6.07) is 9.60. The Kier molecular flexibility index (Phi) is 3.54. The topological polar surface area (TPSA) is 29.6 Å². The van der Waals surface area contributed by atoms with Crippen molar-refractivity contribution in [2.75, 3.05) is 5.75 Å². The molecule has 82 valence electrons. The summed E-state index contributed by atoms with van der Waals surface area (Å²) < 4.78 is 17.3. The second-order valence-electron chi connectivity index (χ2n) is 3.83. The minimum Gasteiger partial charge on any atom is -0.369 e. The summed E-state index contributed by atoms with van der Waals surface area (Å²) in [4.78, 5) is 0.906. The average Bonchev–Trinajstić information content (AvgIpc) is 2.98. The van der Waals surface area contributed by atoms with E-state index in [0.717, 1.165) is 17.7 Å². The summed E-state index contributed by atoms with van der Waals surface area (Å²) in [7, 11) is -0.900. The molecule has 3 heteroatoms. The molecule has 0 N–H and O–H groups in total. The third-order valence-corrected chi connectivity index (χ3v) is 4.01. The van der Waals surface area contributed by atoms with Gasteiger partial charge in [0.15, 0.2) is 0 Å². The van der Waals surface area contributed by atoms with Crippen LogP contribution in [0.5, 0.6) is 0 Å². The summed E-state index contributed by atoms with van der Waals surface area (Å²) in [5.74, 6) is 0.648. The number of ether oxygens (including phenoxy) is 1. The highest BCUT2D eigenvalue weighted by Crippen LogP contribution is 2.28. The van der Waals surface area contributed by atoms with E-state index in [0.29, 0.717) is 11.9 Å². The molecule has 1 fully saturated rings. The van der Waals surface area contributed by atoms with Crippen LogP contribution >= 0.6 is 0 Å². The Morgan fingerprint density at radius 1 is 1.27 bits per heavy atom. The Balaban J connectivity index is 1.84. The minimum atomic E-state index is -0.900. The highest BCUT2D eigenvalue weighted by atomic mass is 32.2. The van der Waals surface area contributed by atoms with E-state index in [9.17, 15) is 4.21 Å². The highest BCUT2D eigenvalue weighted by Gasteiger charge is 2.38. The molecule has 0 spiro atoms. The molecule has 15 heavy (non-hydrogen) atoms. The predicted octanol–water partition coefficient (Wildman–Crippen LogP) is 2.36. The molecule has 0 radical (unpaired) electrons. The molecule has 0 saturated carbocycles. The van der Waals surface area contributed by atoms with Crippen LogP contribution in [0.25, 0.3) is 0 Å². The van der Waals surface area contributed by atoms with E-state index < -0.39 is 10.8 Å². The first-order valence-corrected chi connectivity index (χ1v) is 6.72. The first-order valence-electron chi connectivity index (χ1n) is 5.40. The average molecular weight is 224 g/mol. The molecular formula is C12H16O2S. The van der Waals surface area contributed by atoms with Crippen LogP contribution in [0.4, 0.5) is 0 Å². The van der Waals surface area contributed by atoms with Gasteiger partial charge in [0.25, 0.3) is 0 Å². The zero-order chi connectivity index (χ0) is 10.7. The van der Waals surface area contributed by atoms with Crippen molar-refractivity contribution < 1.29 is 8.95 Å². The number of rotatable bonds is 5. The molecule has 1 heterocycles. The molecule has 2 nitrogen and oxygen atoms in total. The summed E-state index contributed by atoms with van der Waals surface area (Å²) in [6.07, 6.45) is 2.82. The number of benzene rings is 1. The summed E-state index contributed by atoms with van der Waals surface area (Å²) in [6.45, 7) is 2.15. The fourth-order valence-electron chi connectivity index (χ4n) is 1.68. The zero-order valence-electron chi connectivity index (χ0n) is 8.89. The second-order valence-corrected chi connectivity index (χ2v) is 5.32. The van der Waals surface area contributed by atoms with Crippen LogP contribution in [0.2, 0.25) is 0 Å². The van der Waals surface area contributed by atoms with E-state index in [1.165, 1.54) is 0 Å². The maximum atomic E-state index is 11.9. The first-order chi connectivity index (χ1) is 7.31. The Labute approximate surface area is 93.1 Å². The summed E-state index contributed by atoms with van der Waals surface area (Å²) in [5, 5.41) is 0. The van der Waals surface area contributed by atoms with Crippen LogP contribution < -0.4 is 0 Å². The third-order valence-electron chi connectivity index (χ3n) is 2.58. The Bertz CT molecular complexity index is 337. The van der Waals surface area contributed by atoms with Crippen LogP contribution in [0.15, 0.2) is 35.2 Å². The van der Waals surface area contributed by atoms with Crippen molar-refractivity contribution in [1.82, 2.24) is 0 Å². The molecule has 0 bridgehead atoms. The van der Waals surface area contributed by atoms with Crippen LogP contribution in [0.1, 0.15) is 19.8 Å². The maximum absolute atomic E-state index is 11.9. The molecule has 0 amide bonds. The van der Waals surface area contributed by atoms with Gasteiger partial charge >= 0.3 is 0 Å². The van der Waals surface area contributed by atoms with Crippen LogP contribution in [0, 0.1) is 0 Å². The Hall–Kier alpha value is -0.670. The van der Waals surface area contributed by atoms with E-state index in [2.05, 4.69) is 6.92 Å². The predicted molar refractivity (Wildman–Crippen MR) is 61.3 cm³/mol. The standard InChI is InChI=1S/C12H16O2S/c1-2-6-11-12(14-11)9-15(13)10-7-4-3-5-8-10/h3-5,7-8,11-12H,2,6,9H2,1H3/t11-,12-,15?/m0/s1. The Morgan fingerprint density at radius 2 is 2.00 bits per heavy atom. The molecule has 1 aliphatic heterocycles. The van der Waals surface area contributed by atoms with Crippen LogP contribution in [-0.4, -0.2) is 22.2 Å². The van der Waals surface area contributed by atoms with Gasteiger partial charge in [0.2, 0.25) is 0 Å². The lowest BCUT2D eigenvalue weighted by atomic mass is 10.2. The smallest absolute Gasteiger partial charge is 0.0960 e. The number of hydrogen-bond donors (Lipinski definition) is 0. The van der Waals surface area contributed by atoms with Gasteiger partial charge < -0.3 is 4.74 Å². The highest BCUT2D eigenvalue weighted by molar-refractivity contribution is 7.85. The molecular weight excluding hydrogens is 208 g/mol. The fraction of sp³-hybridized carbons (Fsp3) is 0.500. The molecule has 1 unspecified atom stereocenters. The zero-order valence-corrected chi connectivity index (χ0v) is 9.70. The van der Waals surface area contributed by atoms with Gasteiger partial charge in [-0.05, 0) is 18.6 Å². The number of epoxide rings is 1. The van der Waals surface area contributed by atoms with Gasteiger partial charge in [-0.15, -0.1) is 0 Å². The minimum absolute atomic E-state index is 0.228. The van der Waals surface area contributed by atoms with Crippen molar-refractivity contribution in [2.24, 2.45) is 0 Å². The molecule has 2 rings (SSSR count). The van der Waals surface area contributed by atoms with E-state index in [1.807, 2.05) is 30.3 Å². The van der Waals surface area contributed by atoms with Crippen LogP contribution in [0.3, 0.4) is 0 Å². The van der Waals surface area contributed by atoms with Gasteiger partial charge in [-0.3, -0.25) is 4.21 Å². The number of hydrogen-bond acceptors (Lipinski definition) is 2. The largest absolute Gasteiger partial charge is 0.369 e. The Morgan fingerprint density at radius 3 is 2.67 bits per heavy atom. The molecule has 1 aliphatic rings. The SMILES string of the molecule is CCC[C@@H]1O[C@H]1CS(=O)c1ccccc1. The van der Waals surface area contributed by atoms with Crippen LogP contribution in [-0.2, 0) is 15.5 Å². The lowest BCUT2D eigenvalue weighted by molar-refractivity contribution is 0.370.